The van der Waals surface area contributed by atoms with Gasteiger partial charge in [0.25, 0.3) is 0 Å². The molecule has 15 heavy (non-hydrogen) atoms. The van der Waals surface area contributed by atoms with Crippen LogP contribution in [0.4, 0.5) is 5.82 Å². The Kier molecular flexibility index (Phi) is 3.62. The first-order valence-electron chi connectivity index (χ1n) is 4.72. The van der Waals surface area contributed by atoms with Crippen LogP contribution in [0.2, 0.25) is 0 Å². The van der Waals surface area contributed by atoms with E-state index in [9.17, 15) is 9.90 Å². The van der Waals surface area contributed by atoms with Crippen LogP contribution in [0.25, 0.3) is 0 Å². The van der Waals surface area contributed by atoms with E-state index in [2.05, 4.69) is 10.3 Å². The van der Waals surface area contributed by atoms with Gasteiger partial charge in [0.1, 0.15) is 0 Å². The maximum atomic E-state index is 11.5. The number of nitrogens with one attached hydrogen (secondary N) is 1. The molecule has 0 saturated carbocycles. The molecule has 1 aromatic heterocycles. The van der Waals surface area contributed by atoms with E-state index in [1.807, 2.05) is 13.8 Å². The molecule has 1 heterocycles. The van der Waals surface area contributed by atoms with E-state index in [1.54, 1.807) is 6.07 Å². The Morgan fingerprint density at radius 3 is 2.80 bits per heavy atom. The van der Waals surface area contributed by atoms with Crippen LogP contribution >= 0.6 is 0 Å². The highest BCUT2D eigenvalue weighted by molar-refractivity contribution is 5.95. The number of anilines is 1. The smallest absolute Gasteiger partial charge is 0.242 e. The number of carbonyl (C=O) groups is 1. The minimum absolute atomic E-state index is 0.0378. The van der Waals surface area contributed by atoms with Gasteiger partial charge in [0.05, 0.1) is 6.04 Å². The number of nitrogens with zero attached hydrogens (tertiary/aromatic N) is 1. The average Bonchev–Trinajstić information content (AvgIpc) is 2.20. The van der Waals surface area contributed by atoms with Crippen molar-refractivity contribution in [1.29, 1.82) is 0 Å². The van der Waals surface area contributed by atoms with Crippen LogP contribution in [0, 0.1) is 5.92 Å². The van der Waals surface area contributed by atoms with Gasteiger partial charge in [-0.1, -0.05) is 13.8 Å². The lowest BCUT2D eigenvalue weighted by atomic mass is 10.1. The lowest BCUT2D eigenvalue weighted by Gasteiger charge is -2.15. The second-order valence-electron chi connectivity index (χ2n) is 3.63. The van der Waals surface area contributed by atoms with E-state index in [1.165, 1.54) is 12.3 Å². The van der Waals surface area contributed by atoms with Crippen LogP contribution in [0.3, 0.4) is 0 Å². The van der Waals surface area contributed by atoms with Crippen molar-refractivity contribution in [3.8, 4) is 5.75 Å². The van der Waals surface area contributed by atoms with E-state index in [0.29, 0.717) is 0 Å². The number of aromatic hydroxyl groups is 1. The molecular formula is C10H15N3O2. The standard InChI is InChI=1S/C10H15N3O2/c1-6(2)8(11)10(15)13-9-7(14)4-3-5-12-9/h3-6,8,14H,11H2,1-2H3,(H,12,13,15)/t8-/m1/s1. The van der Waals surface area contributed by atoms with Gasteiger partial charge in [-0.05, 0) is 18.1 Å². The van der Waals surface area contributed by atoms with Crippen LogP contribution in [0.5, 0.6) is 5.75 Å². The summed E-state index contributed by atoms with van der Waals surface area (Å²) < 4.78 is 0. The molecule has 1 aromatic rings. The molecule has 0 fully saturated rings. The predicted molar refractivity (Wildman–Crippen MR) is 57.3 cm³/mol. The third-order valence-corrected chi connectivity index (χ3v) is 2.05. The number of carbonyl (C=O) groups excluding carboxylic acids is 1. The van der Waals surface area contributed by atoms with Crippen molar-refractivity contribution in [2.75, 3.05) is 5.32 Å². The first-order valence-corrected chi connectivity index (χ1v) is 4.72. The summed E-state index contributed by atoms with van der Waals surface area (Å²) in [7, 11) is 0. The lowest BCUT2D eigenvalue weighted by Crippen LogP contribution is -2.39. The first kappa shape index (κ1) is 11.5. The summed E-state index contributed by atoms with van der Waals surface area (Å²) in [6, 6.07) is 2.42. The van der Waals surface area contributed by atoms with Crippen molar-refractivity contribution >= 4 is 11.7 Å². The maximum Gasteiger partial charge on any atom is 0.242 e. The lowest BCUT2D eigenvalue weighted by molar-refractivity contribution is -0.118. The van der Waals surface area contributed by atoms with Crippen molar-refractivity contribution in [2.24, 2.45) is 11.7 Å². The van der Waals surface area contributed by atoms with Gasteiger partial charge in [-0.25, -0.2) is 4.98 Å². The molecule has 0 aliphatic carbocycles. The molecule has 0 bridgehead atoms. The van der Waals surface area contributed by atoms with Crippen molar-refractivity contribution in [3.05, 3.63) is 18.3 Å². The van der Waals surface area contributed by atoms with E-state index in [-0.39, 0.29) is 23.4 Å². The van der Waals surface area contributed by atoms with Gasteiger partial charge in [-0.2, -0.15) is 0 Å². The normalized spacial score (nSPS) is 12.5. The molecule has 1 amide bonds. The van der Waals surface area contributed by atoms with Crippen LogP contribution in [0.15, 0.2) is 18.3 Å². The number of nitrogens with two attached hydrogens (primary N) is 1. The van der Waals surface area contributed by atoms with E-state index < -0.39 is 6.04 Å². The second-order valence-corrected chi connectivity index (χ2v) is 3.63. The number of aromatic nitrogens is 1. The monoisotopic (exact) mass is 209 g/mol. The van der Waals surface area contributed by atoms with Gasteiger partial charge in [-0.3, -0.25) is 4.79 Å². The molecule has 4 N–H and O–H groups in total. The van der Waals surface area contributed by atoms with Gasteiger partial charge in [-0.15, -0.1) is 0 Å². The molecule has 5 heteroatoms. The number of hydrogen-bond acceptors (Lipinski definition) is 4. The Morgan fingerprint density at radius 2 is 2.27 bits per heavy atom. The molecule has 82 valence electrons. The molecule has 0 aliphatic heterocycles. The molecule has 0 saturated heterocycles. The molecule has 0 spiro atoms. The SMILES string of the molecule is CC(C)[C@@H](N)C(=O)Nc1ncccc1O. The largest absolute Gasteiger partial charge is 0.504 e. The molecule has 5 nitrogen and oxygen atoms in total. The first-order chi connectivity index (χ1) is 7.02. The Hall–Kier alpha value is -1.62. The van der Waals surface area contributed by atoms with Gasteiger partial charge in [0.15, 0.2) is 11.6 Å². The summed E-state index contributed by atoms with van der Waals surface area (Å²) in [5.41, 5.74) is 5.64. The van der Waals surface area contributed by atoms with Crippen molar-refractivity contribution < 1.29 is 9.90 Å². The van der Waals surface area contributed by atoms with E-state index >= 15 is 0 Å². The van der Waals surface area contributed by atoms with E-state index in [0.717, 1.165) is 0 Å². The molecule has 1 rings (SSSR count). The third-order valence-electron chi connectivity index (χ3n) is 2.05. The minimum atomic E-state index is -0.605. The summed E-state index contributed by atoms with van der Waals surface area (Å²) in [6.45, 7) is 3.70. The molecule has 0 aliphatic rings. The number of rotatable bonds is 3. The van der Waals surface area contributed by atoms with Gasteiger partial charge in [0.2, 0.25) is 5.91 Å². The molecule has 0 aromatic carbocycles. The highest BCUT2D eigenvalue weighted by Crippen LogP contribution is 2.18. The molecule has 0 unspecified atom stereocenters. The fraction of sp³-hybridized carbons (Fsp3) is 0.400. The third kappa shape index (κ3) is 2.92. The second kappa shape index (κ2) is 4.75. The maximum absolute atomic E-state index is 11.5. The van der Waals surface area contributed by atoms with Crippen LogP contribution in [0.1, 0.15) is 13.8 Å². The van der Waals surface area contributed by atoms with Gasteiger partial charge < -0.3 is 16.2 Å². The summed E-state index contributed by atoms with van der Waals surface area (Å²) in [4.78, 5) is 15.3. The zero-order valence-corrected chi connectivity index (χ0v) is 8.77. The topological polar surface area (TPSA) is 88.2 Å². The summed E-state index contributed by atoms with van der Waals surface area (Å²) in [6.07, 6.45) is 1.48. The highest BCUT2D eigenvalue weighted by Gasteiger charge is 2.18. The Bertz CT molecular complexity index is 352. The summed E-state index contributed by atoms with van der Waals surface area (Å²) in [5.74, 6) is -0.240. The zero-order valence-electron chi connectivity index (χ0n) is 8.77. The zero-order chi connectivity index (χ0) is 11.4. The molecule has 0 radical (unpaired) electrons. The molecular weight excluding hydrogens is 194 g/mol. The van der Waals surface area contributed by atoms with Gasteiger partial charge >= 0.3 is 0 Å². The average molecular weight is 209 g/mol. The van der Waals surface area contributed by atoms with Crippen LogP contribution in [-0.4, -0.2) is 22.0 Å². The van der Waals surface area contributed by atoms with Crippen LogP contribution in [-0.2, 0) is 4.79 Å². The predicted octanol–water partition coefficient (Wildman–Crippen LogP) is 0.709. The molecule has 1 atom stereocenters. The highest BCUT2D eigenvalue weighted by atomic mass is 16.3. The number of hydrogen-bond donors (Lipinski definition) is 3. The minimum Gasteiger partial charge on any atom is -0.504 e. The van der Waals surface area contributed by atoms with Crippen molar-refractivity contribution in [1.82, 2.24) is 4.98 Å². The van der Waals surface area contributed by atoms with E-state index in [4.69, 9.17) is 5.73 Å². The quantitative estimate of drug-likeness (QED) is 0.684. The van der Waals surface area contributed by atoms with Crippen molar-refractivity contribution in [3.63, 3.8) is 0 Å². The number of pyridine rings is 1. The fourth-order valence-electron chi connectivity index (χ4n) is 0.996. The Balaban J connectivity index is 2.71. The van der Waals surface area contributed by atoms with Crippen LogP contribution < -0.4 is 11.1 Å². The Morgan fingerprint density at radius 1 is 1.60 bits per heavy atom. The number of amides is 1. The summed E-state index contributed by atoms with van der Waals surface area (Å²) >= 11 is 0. The Labute approximate surface area is 88.3 Å². The van der Waals surface area contributed by atoms with Crippen molar-refractivity contribution in [2.45, 2.75) is 19.9 Å². The fourth-order valence-corrected chi connectivity index (χ4v) is 0.996. The van der Waals surface area contributed by atoms with Gasteiger partial charge in [0, 0.05) is 6.20 Å². The summed E-state index contributed by atoms with van der Waals surface area (Å²) in [5, 5.41) is 11.8.